The maximum Gasteiger partial charge on any atom is 0.0726 e. The van der Waals surface area contributed by atoms with Gasteiger partial charge in [0.2, 0.25) is 0 Å². The van der Waals surface area contributed by atoms with Crippen molar-refractivity contribution < 1.29 is 0 Å². The van der Waals surface area contributed by atoms with Crippen LogP contribution in [0.25, 0.3) is 0 Å². The number of aromatic nitrogens is 2. The fraction of sp³-hybridized carbons (Fsp3) is 0.769. The van der Waals surface area contributed by atoms with Crippen LogP contribution in [0.4, 0.5) is 5.69 Å². The summed E-state index contributed by atoms with van der Waals surface area (Å²) in [5, 5.41) is 11.2. The number of nitrogens with zero attached hydrogens (tertiary/aromatic N) is 2. The number of hydrogen-bond donors (Lipinski definition) is 2. The maximum absolute atomic E-state index is 4.19. The molecule has 0 bridgehead atoms. The van der Waals surface area contributed by atoms with Crippen molar-refractivity contribution in [2.75, 3.05) is 25.0 Å². The Labute approximate surface area is 104 Å². The Balaban J connectivity index is 1.93. The third-order valence-electron chi connectivity index (χ3n) is 3.82. The third kappa shape index (κ3) is 3.22. The zero-order chi connectivity index (χ0) is 12.1. The van der Waals surface area contributed by atoms with Crippen molar-refractivity contribution in [1.29, 1.82) is 0 Å². The minimum Gasteiger partial charge on any atom is -0.382 e. The molecule has 2 N–H and O–H groups in total. The number of anilines is 1. The summed E-state index contributed by atoms with van der Waals surface area (Å²) in [5.41, 5.74) is 1.62. The van der Waals surface area contributed by atoms with Gasteiger partial charge in [-0.05, 0) is 37.8 Å². The molecule has 0 unspecified atom stereocenters. The van der Waals surface area contributed by atoms with E-state index in [4.69, 9.17) is 0 Å². The lowest BCUT2D eigenvalue weighted by molar-refractivity contribution is 0.199. The van der Waals surface area contributed by atoms with Crippen molar-refractivity contribution in [3.05, 3.63) is 12.4 Å². The van der Waals surface area contributed by atoms with E-state index in [0.717, 1.165) is 25.3 Å². The van der Waals surface area contributed by atoms with Crippen LogP contribution >= 0.6 is 0 Å². The van der Waals surface area contributed by atoms with Crippen LogP contribution in [0.15, 0.2) is 12.4 Å². The molecule has 4 heteroatoms. The van der Waals surface area contributed by atoms with Crippen molar-refractivity contribution in [1.82, 2.24) is 15.1 Å². The quantitative estimate of drug-likeness (QED) is 0.821. The van der Waals surface area contributed by atoms with Crippen molar-refractivity contribution in [3.8, 4) is 0 Å². The Morgan fingerprint density at radius 1 is 1.47 bits per heavy atom. The van der Waals surface area contributed by atoms with Gasteiger partial charge in [-0.2, -0.15) is 5.10 Å². The van der Waals surface area contributed by atoms with Gasteiger partial charge < -0.3 is 10.6 Å². The molecule has 0 saturated carbocycles. The van der Waals surface area contributed by atoms with E-state index in [1.54, 1.807) is 0 Å². The molecule has 1 saturated heterocycles. The summed E-state index contributed by atoms with van der Waals surface area (Å²) < 4.78 is 1.84. The molecule has 17 heavy (non-hydrogen) atoms. The summed E-state index contributed by atoms with van der Waals surface area (Å²) in [6, 6.07) is 0. The second-order valence-electron chi connectivity index (χ2n) is 5.26. The molecule has 96 valence electrons. The van der Waals surface area contributed by atoms with Gasteiger partial charge in [0.15, 0.2) is 0 Å². The van der Waals surface area contributed by atoms with Crippen molar-refractivity contribution in [2.45, 2.75) is 32.6 Å². The van der Waals surface area contributed by atoms with E-state index in [2.05, 4.69) is 22.7 Å². The lowest BCUT2D eigenvalue weighted by atomic mass is 9.75. The van der Waals surface area contributed by atoms with Crippen LogP contribution in [0.3, 0.4) is 0 Å². The Hall–Kier alpha value is -1.03. The summed E-state index contributed by atoms with van der Waals surface area (Å²) in [7, 11) is 1.96. The predicted molar refractivity (Wildman–Crippen MR) is 71.1 cm³/mol. The largest absolute Gasteiger partial charge is 0.382 e. The number of nitrogens with one attached hydrogen (secondary N) is 2. The number of aryl methyl sites for hydroxylation is 1. The molecular weight excluding hydrogens is 212 g/mol. The molecule has 2 heterocycles. The minimum absolute atomic E-state index is 0.482. The SMILES string of the molecule is CCCC1(CNc2cnn(C)c2)CCNCC1. The first-order valence-electron chi connectivity index (χ1n) is 6.67. The van der Waals surface area contributed by atoms with E-state index < -0.39 is 0 Å². The number of hydrogen-bond acceptors (Lipinski definition) is 3. The summed E-state index contributed by atoms with van der Waals surface area (Å²) >= 11 is 0. The van der Waals surface area contributed by atoms with Crippen molar-refractivity contribution in [2.24, 2.45) is 12.5 Å². The highest BCUT2D eigenvalue weighted by Gasteiger charge is 2.30. The van der Waals surface area contributed by atoms with Gasteiger partial charge in [-0.15, -0.1) is 0 Å². The Kier molecular flexibility index (Phi) is 4.05. The second kappa shape index (κ2) is 5.54. The van der Waals surface area contributed by atoms with Crippen LogP contribution in [-0.4, -0.2) is 29.4 Å². The van der Waals surface area contributed by atoms with Gasteiger partial charge in [-0.25, -0.2) is 0 Å². The molecule has 0 aliphatic carbocycles. The molecule has 0 spiro atoms. The number of rotatable bonds is 5. The van der Waals surface area contributed by atoms with Crippen LogP contribution < -0.4 is 10.6 Å². The average Bonchev–Trinajstić information content (AvgIpc) is 2.75. The summed E-state index contributed by atoms with van der Waals surface area (Å²) in [4.78, 5) is 0. The van der Waals surface area contributed by atoms with E-state index in [1.807, 2.05) is 24.1 Å². The Bertz CT molecular complexity index is 333. The van der Waals surface area contributed by atoms with Crippen LogP contribution in [0.2, 0.25) is 0 Å². The van der Waals surface area contributed by atoms with E-state index in [9.17, 15) is 0 Å². The zero-order valence-corrected chi connectivity index (χ0v) is 11.0. The molecule has 0 atom stereocenters. The summed E-state index contributed by atoms with van der Waals surface area (Å²) in [5.74, 6) is 0. The van der Waals surface area contributed by atoms with Gasteiger partial charge >= 0.3 is 0 Å². The zero-order valence-electron chi connectivity index (χ0n) is 11.0. The van der Waals surface area contributed by atoms with Gasteiger partial charge in [0.25, 0.3) is 0 Å². The van der Waals surface area contributed by atoms with Crippen LogP contribution in [0.5, 0.6) is 0 Å². The van der Waals surface area contributed by atoms with E-state index >= 15 is 0 Å². The third-order valence-corrected chi connectivity index (χ3v) is 3.82. The van der Waals surface area contributed by atoms with Gasteiger partial charge in [0.05, 0.1) is 11.9 Å². The Morgan fingerprint density at radius 2 is 2.24 bits per heavy atom. The molecule has 0 radical (unpaired) electrons. The average molecular weight is 236 g/mol. The van der Waals surface area contributed by atoms with Crippen molar-refractivity contribution >= 4 is 5.69 Å². The molecule has 1 aromatic rings. The summed E-state index contributed by atoms with van der Waals surface area (Å²) in [6.45, 7) is 5.69. The highest BCUT2D eigenvalue weighted by molar-refractivity contribution is 5.38. The second-order valence-corrected chi connectivity index (χ2v) is 5.26. The molecular formula is C13H24N4. The fourth-order valence-corrected chi connectivity index (χ4v) is 2.80. The van der Waals surface area contributed by atoms with Crippen LogP contribution in [0, 0.1) is 5.41 Å². The van der Waals surface area contributed by atoms with Crippen LogP contribution in [-0.2, 0) is 7.05 Å². The smallest absolute Gasteiger partial charge is 0.0726 e. The van der Waals surface area contributed by atoms with E-state index in [-0.39, 0.29) is 0 Å². The molecule has 1 aromatic heterocycles. The lowest BCUT2D eigenvalue weighted by Crippen LogP contribution is -2.41. The fourth-order valence-electron chi connectivity index (χ4n) is 2.80. The first-order chi connectivity index (χ1) is 8.24. The van der Waals surface area contributed by atoms with Gasteiger partial charge in [-0.1, -0.05) is 13.3 Å². The van der Waals surface area contributed by atoms with Gasteiger partial charge in [0, 0.05) is 19.8 Å². The highest BCUT2D eigenvalue weighted by Crippen LogP contribution is 2.34. The molecule has 1 aliphatic rings. The highest BCUT2D eigenvalue weighted by atomic mass is 15.3. The molecule has 2 rings (SSSR count). The Morgan fingerprint density at radius 3 is 2.82 bits per heavy atom. The molecule has 0 amide bonds. The topological polar surface area (TPSA) is 41.9 Å². The molecule has 0 aromatic carbocycles. The predicted octanol–water partition coefficient (Wildman–Crippen LogP) is 2.00. The normalized spacial score (nSPS) is 19.2. The number of piperidine rings is 1. The van der Waals surface area contributed by atoms with Crippen molar-refractivity contribution in [3.63, 3.8) is 0 Å². The van der Waals surface area contributed by atoms with Gasteiger partial charge in [0.1, 0.15) is 0 Å². The first kappa shape index (κ1) is 12.4. The minimum atomic E-state index is 0.482. The molecule has 4 nitrogen and oxygen atoms in total. The van der Waals surface area contributed by atoms with Gasteiger partial charge in [-0.3, -0.25) is 4.68 Å². The maximum atomic E-state index is 4.19. The summed E-state index contributed by atoms with van der Waals surface area (Å²) in [6.07, 6.45) is 9.11. The molecule has 1 aliphatic heterocycles. The molecule has 1 fully saturated rings. The van der Waals surface area contributed by atoms with E-state index in [1.165, 1.54) is 25.7 Å². The first-order valence-corrected chi connectivity index (χ1v) is 6.67. The standard InChI is InChI=1S/C13H24N4/c1-3-4-13(5-7-14-8-6-13)11-15-12-9-16-17(2)10-12/h9-10,14-15H,3-8,11H2,1-2H3. The van der Waals surface area contributed by atoms with E-state index in [0.29, 0.717) is 5.41 Å². The monoisotopic (exact) mass is 236 g/mol. The lowest BCUT2D eigenvalue weighted by Gasteiger charge is -2.38. The van der Waals surface area contributed by atoms with Crippen LogP contribution in [0.1, 0.15) is 32.6 Å².